The molecular formula is C16H17BrFN. The summed E-state index contributed by atoms with van der Waals surface area (Å²) in [7, 11) is 0. The van der Waals surface area contributed by atoms with Gasteiger partial charge in [-0.2, -0.15) is 0 Å². The van der Waals surface area contributed by atoms with E-state index in [0.717, 1.165) is 16.5 Å². The molecule has 2 rings (SSSR count). The second-order valence-electron chi connectivity index (χ2n) is 4.71. The van der Waals surface area contributed by atoms with Gasteiger partial charge < -0.3 is 5.32 Å². The van der Waals surface area contributed by atoms with Gasteiger partial charge in [-0.05, 0) is 42.7 Å². The van der Waals surface area contributed by atoms with E-state index in [1.165, 1.54) is 11.6 Å². The second-order valence-corrected chi connectivity index (χ2v) is 5.56. The number of hydrogen-bond acceptors (Lipinski definition) is 1. The number of nitrogens with one attached hydrogen (secondary N) is 1. The van der Waals surface area contributed by atoms with E-state index in [0.29, 0.717) is 12.6 Å². The highest BCUT2D eigenvalue weighted by atomic mass is 79.9. The molecule has 0 spiro atoms. The fourth-order valence-corrected chi connectivity index (χ4v) is 2.39. The van der Waals surface area contributed by atoms with E-state index in [4.69, 9.17) is 0 Å². The summed E-state index contributed by atoms with van der Waals surface area (Å²) in [6, 6.07) is 15.5. The molecule has 19 heavy (non-hydrogen) atoms. The first kappa shape index (κ1) is 14.2. The fourth-order valence-electron chi connectivity index (χ4n) is 2.00. The Morgan fingerprint density at radius 3 is 2.63 bits per heavy atom. The van der Waals surface area contributed by atoms with Crippen LogP contribution in [0.15, 0.2) is 53.0 Å². The van der Waals surface area contributed by atoms with Crippen molar-refractivity contribution in [3.05, 3.63) is 69.9 Å². The smallest absolute Gasteiger partial charge is 0.123 e. The largest absolute Gasteiger partial charge is 0.310 e. The minimum atomic E-state index is -0.198. The van der Waals surface area contributed by atoms with Crippen molar-refractivity contribution in [3.8, 4) is 0 Å². The Hall–Kier alpha value is -1.19. The Bertz CT molecular complexity index is 528. The van der Waals surface area contributed by atoms with E-state index >= 15 is 0 Å². The normalized spacial score (nSPS) is 12.4. The summed E-state index contributed by atoms with van der Waals surface area (Å²) in [5, 5.41) is 3.42. The van der Waals surface area contributed by atoms with Gasteiger partial charge in [0, 0.05) is 17.1 Å². The predicted octanol–water partition coefficient (Wildman–Crippen LogP) is 4.31. The molecule has 2 aromatic rings. The third-order valence-electron chi connectivity index (χ3n) is 3.03. The molecule has 0 radical (unpaired) electrons. The molecule has 2 aromatic carbocycles. The van der Waals surface area contributed by atoms with E-state index < -0.39 is 0 Å². The molecular weight excluding hydrogens is 305 g/mol. The molecule has 0 bridgehead atoms. The van der Waals surface area contributed by atoms with Crippen LogP contribution in [0.2, 0.25) is 0 Å². The van der Waals surface area contributed by atoms with Gasteiger partial charge in [0.1, 0.15) is 5.82 Å². The highest BCUT2D eigenvalue weighted by molar-refractivity contribution is 9.10. The third kappa shape index (κ3) is 4.44. The molecule has 0 aliphatic carbocycles. The van der Waals surface area contributed by atoms with Crippen LogP contribution in [0.5, 0.6) is 0 Å². The molecule has 0 heterocycles. The van der Waals surface area contributed by atoms with Crippen molar-refractivity contribution in [1.82, 2.24) is 5.32 Å². The number of hydrogen-bond donors (Lipinski definition) is 1. The molecule has 0 saturated heterocycles. The Labute approximate surface area is 122 Å². The predicted molar refractivity (Wildman–Crippen MR) is 80.5 cm³/mol. The van der Waals surface area contributed by atoms with Gasteiger partial charge in [0.05, 0.1) is 0 Å². The fraction of sp³-hybridized carbons (Fsp3) is 0.250. The first-order valence-electron chi connectivity index (χ1n) is 6.36. The zero-order valence-electron chi connectivity index (χ0n) is 10.9. The van der Waals surface area contributed by atoms with Crippen molar-refractivity contribution in [2.24, 2.45) is 0 Å². The van der Waals surface area contributed by atoms with Crippen LogP contribution in [0.3, 0.4) is 0 Å². The van der Waals surface area contributed by atoms with Crippen LogP contribution in [0.1, 0.15) is 18.1 Å². The van der Waals surface area contributed by atoms with Crippen molar-refractivity contribution in [2.45, 2.75) is 25.9 Å². The summed E-state index contributed by atoms with van der Waals surface area (Å²) in [4.78, 5) is 0. The topological polar surface area (TPSA) is 12.0 Å². The number of benzene rings is 2. The summed E-state index contributed by atoms with van der Waals surface area (Å²) < 4.78 is 14.1. The maximum Gasteiger partial charge on any atom is 0.123 e. The van der Waals surface area contributed by atoms with Gasteiger partial charge in [-0.3, -0.25) is 0 Å². The van der Waals surface area contributed by atoms with Gasteiger partial charge in [-0.1, -0.05) is 46.3 Å². The van der Waals surface area contributed by atoms with Crippen molar-refractivity contribution < 1.29 is 4.39 Å². The molecule has 3 heteroatoms. The lowest BCUT2D eigenvalue weighted by molar-refractivity contribution is 0.541. The van der Waals surface area contributed by atoms with Crippen LogP contribution in [0, 0.1) is 5.82 Å². The molecule has 1 unspecified atom stereocenters. The summed E-state index contributed by atoms with van der Waals surface area (Å²) >= 11 is 3.44. The molecule has 0 aliphatic rings. The Morgan fingerprint density at radius 1 is 1.16 bits per heavy atom. The standard InChI is InChI=1S/C16H17BrFN/c1-12(9-13-5-3-2-4-6-13)19-11-14-10-15(18)7-8-16(14)17/h2-8,10,12,19H,9,11H2,1H3. The second kappa shape index (κ2) is 6.83. The van der Waals surface area contributed by atoms with Crippen LogP contribution in [-0.2, 0) is 13.0 Å². The highest BCUT2D eigenvalue weighted by Crippen LogP contribution is 2.17. The minimum absolute atomic E-state index is 0.198. The van der Waals surface area contributed by atoms with E-state index in [1.807, 2.05) is 18.2 Å². The lowest BCUT2D eigenvalue weighted by atomic mass is 10.1. The van der Waals surface area contributed by atoms with E-state index in [1.54, 1.807) is 12.1 Å². The highest BCUT2D eigenvalue weighted by Gasteiger charge is 2.06. The number of halogens is 2. The van der Waals surface area contributed by atoms with Gasteiger partial charge in [0.15, 0.2) is 0 Å². The van der Waals surface area contributed by atoms with Crippen molar-refractivity contribution in [1.29, 1.82) is 0 Å². The quantitative estimate of drug-likeness (QED) is 0.865. The maximum atomic E-state index is 13.2. The summed E-state index contributed by atoms with van der Waals surface area (Å²) in [5.41, 5.74) is 2.25. The molecule has 0 aromatic heterocycles. The van der Waals surface area contributed by atoms with Crippen molar-refractivity contribution >= 4 is 15.9 Å². The first-order valence-corrected chi connectivity index (χ1v) is 7.15. The van der Waals surface area contributed by atoms with Crippen LogP contribution in [0.4, 0.5) is 4.39 Å². The van der Waals surface area contributed by atoms with Gasteiger partial charge in [-0.15, -0.1) is 0 Å². The Morgan fingerprint density at radius 2 is 1.89 bits per heavy atom. The van der Waals surface area contributed by atoms with Crippen LogP contribution >= 0.6 is 15.9 Å². The minimum Gasteiger partial charge on any atom is -0.310 e. The average molecular weight is 322 g/mol. The van der Waals surface area contributed by atoms with Crippen molar-refractivity contribution in [2.75, 3.05) is 0 Å². The zero-order valence-corrected chi connectivity index (χ0v) is 12.5. The van der Waals surface area contributed by atoms with Gasteiger partial charge in [-0.25, -0.2) is 4.39 Å². The molecule has 0 aliphatic heterocycles. The first-order chi connectivity index (χ1) is 9.15. The van der Waals surface area contributed by atoms with E-state index in [-0.39, 0.29) is 5.82 Å². The van der Waals surface area contributed by atoms with Crippen LogP contribution in [0.25, 0.3) is 0 Å². The number of rotatable bonds is 5. The Kier molecular flexibility index (Phi) is 5.11. The average Bonchev–Trinajstić information content (AvgIpc) is 2.41. The van der Waals surface area contributed by atoms with Gasteiger partial charge >= 0.3 is 0 Å². The zero-order chi connectivity index (χ0) is 13.7. The maximum absolute atomic E-state index is 13.2. The van der Waals surface area contributed by atoms with E-state index in [9.17, 15) is 4.39 Å². The third-order valence-corrected chi connectivity index (χ3v) is 3.81. The molecule has 100 valence electrons. The molecule has 0 fully saturated rings. The summed E-state index contributed by atoms with van der Waals surface area (Å²) in [6.45, 7) is 2.80. The SMILES string of the molecule is CC(Cc1ccccc1)NCc1cc(F)ccc1Br. The summed E-state index contributed by atoms with van der Waals surface area (Å²) in [6.07, 6.45) is 0.966. The van der Waals surface area contributed by atoms with Crippen LogP contribution < -0.4 is 5.32 Å². The lowest BCUT2D eigenvalue weighted by Gasteiger charge is -2.14. The molecule has 0 amide bonds. The van der Waals surface area contributed by atoms with Crippen LogP contribution in [-0.4, -0.2) is 6.04 Å². The summed E-state index contributed by atoms with van der Waals surface area (Å²) in [5.74, 6) is -0.198. The Balaban J connectivity index is 1.90. The molecule has 0 saturated carbocycles. The molecule has 1 N–H and O–H groups in total. The van der Waals surface area contributed by atoms with Crippen molar-refractivity contribution in [3.63, 3.8) is 0 Å². The van der Waals surface area contributed by atoms with Gasteiger partial charge in [0.25, 0.3) is 0 Å². The van der Waals surface area contributed by atoms with E-state index in [2.05, 4.69) is 40.3 Å². The molecule has 1 atom stereocenters. The monoisotopic (exact) mass is 321 g/mol. The van der Waals surface area contributed by atoms with Gasteiger partial charge in [0.2, 0.25) is 0 Å². The molecule has 1 nitrogen and oxygen atoms in total. The lowest BCUT2D eigenvalue weighted by Crippen LogP contribution is -2.27.